The zero-order valence-corrected chi connectivity index (χ0v) is 12.2. The van der Waals surface area contributed by atoms with Crippen LogP contribution in [0.5, 0.6) is 0 Å². The summed E-state index contributed by atoms with van der Waals surface area (Å²) < 4.78 is 11.9. The van der Waals surface area contributed by atoms with Crippen molar-refractivity contribution in [1.29, 1.82) is 0 Å². The van der Waals surface area contributed by atoms with E-state index >= 15 is 0 Å². The molecule has 102 valence electrons. The second-order valence-corrected chi connectivity index (χ2v) is 6.40. The molecule has 2 unspecified atom stereocenters. The molecule has 0 aliphatic carbocycles. The smallest absolute Gasteiger partial charge is 0.0779 e. The Hall–Kier alpha value is -0.710. The lowest BCUT2D eigenvalue weighted by molar-refractivity contribution is 0.191. The van der Waals surface area contributed by atoms with Crippen LogP contribution < -0.4 is 5.32 Å². The average Bonchev–Trinajstić information content (AvgIpc) is 2.29. The summed E-state index contributed by atoms with van der Waals surface area (Å²) in [4.78, 5) is 0. The lowest BCUT2D eigenvalue weighted by atomic mass is 10.1. The van der Waals surface area contributed by atoms with Gasteiger partial charge in [-0.15, -0.1) is 0 Å². The molecule has 1 aromatic carbocycles. The van der Waals surface area contributed by atoms with Gasteiger partial charge in [0, 0.05) is 29.1 Å². The third-order valence-corrected chi connectivity index (χ3v) is 4.11. The molecule has 0 spiro atoms. The zero-order chi connectivity index (χ0) is 13.5. The largest absolute Gasteiger partial charge is 0.391 e. The van der Waals surface area contributed by atoms with Crippen LogP contribution in [0, 0.1) is 6.92 Å². The number of rotatable bonds is 7. The topological polar surface area (TPSA) is 49.3 Å². The summed E-state index contributed by atoms with van der Waals surface area (Å²) in [6.07, 6.45) is -0.544. The molecule has 2 N–H and O–H groups in total. The van der Waals surface area contributed by atoms with Gasteiger partial charge in [-0.05, 0) is 18.1 Å². The Morgan fingerprint density at radius 3 is 2.61 bits per heavy atom. The standard InChI is InChI=1S/C14H23NO2S/c1-11(2)15-8-14(16)10-18(17)9-13-7-5-4-6-12(13)3/h4-7,11,14-16H,8-10H2,1-3H3. The number of hydrogen-bond donors (Lipinski definition) is 2. The predicted octanol–water partition coefficient (Wildman–Crippen LogP) is 1.60. The van der Waals surface area contributed by atoms with Gasteiger partial charge >= 0.3 is 0 Å². The summed E-state index contributed by atoms with van der Waals surface area (Å²) in [6.45, 7) is 6.56. The van der Waals surface area contributed by atoms with Crippen molar-refractivity contribution in [3.8, 4) is 0 Å². The average molecular weight is 269 g/mol. The highest BCUT2D eigenvalue weighted by Crippen LogP contribution is 2.10. The quantitative estimate of drug-likeness (QED) is 0.790. The molecule has 0 aliphatic rings. The van der Waals surface area contributed by atoms with Crippen molar-refractivity contribution in [2.45, 2.75) is 38.7 Å². The van der Waals surface area contributed by atoms with E-state index in [1.807, 2.05) is 45.0 Å². The van der Waals surface area contributed by atoms with E-state index < -0.39 is 16.9 Å². The first-order valence-corrected chi connectivity index (χ1v) is 7.78. The molecule has 3 nitrogen and oxygen atoms in total. The number of benzene rings is 1. The molecule has 0 saturated heterocycles. The van der Waals surface area contributed by atoms with Crippen LogP contribution in [0.2, 0.25) is 0 Å². The van der Waals surface area contributed by atoms with Crippen LogP contribution in [-0.2, 0) is 16.6 Å². The molecule has 0 aliphatic heterocycles. The highest BCUT2D eigenvalue weighted by Gasteiger charge is 2.11. The maximum Gasteiger partial charge on any atom is 0.0779 e. The highest BCUT2D eigenvalue weighted by molar-refractivity contribution is 7.84. The van der Waals surface area contributed by atoms with Gasteiger partial charge in [-0.3, -0.25) is 4.21 Å². The molecule has 4 heteroatoms. The molecule has 0 radical (unpaired) electrons. The molecule has 0 heterocycles. The first kappa shape index (κ1) is 15.3. The summed E-state index contributed by atoms with van der Waals surface area (Å²) in [6, 6.07) is 8.28. The van der Waals surface area contributed by atoms with Crippen molar-refractivity contribution in [3.63, 3.8) is 0 Å². The molecular weight excluding hydrogens is 246 g/mol. The summed E-state index contributed by atoms with van der Waals surface area (Å²) >= 11 is 0. The fourth-order valence-electron chi connectivity index (χ4n) is 1.65. The Bertz CT molecular complexity index is 393. The van der Waals surface area contributed by atoms with Crippen molar-refractivity contribution < 1.29 is 9.32 Å². The Morgan fingerprint density at radius 1 is 1.33 bits per heavy atom. The maximum absolute atomic E-state index is 11.9. The Labute approximate surface area is 112 Å². The molecule has 0 amide bonds. The molecule has 18 heavy (non-hydrogen) atoms. The third-order valence-electron chi connectivity index (χ3n) is 2.72. The second kappa shape index (κ2) is 7.67. The molecule has 0 aromatic heterocycles. The van der Waals surface area contributed by atoms with Gasteiger partial charge < -0.3 is 10.4 Å². The van der Waals surface area contributed by atoms with Gasteiger partial charge in [0.15, 0.2) is 0 Å². The van der Waals surface area contributed by atoms with Crippen LogP contribution in [0.25, 0.3) is 0 Å². The van der Waals surface area contributed by atoms with Gasteiger partial charge in [-0.25, -0.2) is 0 Å². The van der Waals surface area contributed by atoms with Gasteiger partial charge in [0.25, 0.3) is 0 Å². The molecule has 1 aromatic rings. The van der Waals surface area contributed by atoms with Crippen molar-refractivity contribution in [2.75, 3.05) is 12.3 Å². The van der Waals surface area contributed by atoms with E-state index in [0.29, 0.717) is 24.1 Å². The van der Waals surface area contributed by atoms with E-state index in [1.54, 1.807) is 0 Å². The molecular formula is C14H23NO2S. The minimum absolute atomic E-state index is 0.327. The van der Waals surface area contributed by atoms with Crippen molar-refractivity contribution in [2.24, 2.45) is 0 Å². The zero-order valence-electron chi connectivity index (χ0n) is 11.3. The summed E-state index contributed by atoms with van der Waals surface area (Å²) in [5, 5.41) is 12.9. The lowest BCUT2D eigenvalue weighted by Gasteiger charge is -2.14. The number of hydrogen-bond acceptors (Lipinski definition) is 3. The van der Waals surface area contributed by atoms with Gasteiger partial charge in [-0.2, -0.15) is 0 Å². The van der Waals surface area contributed by atoms with Crippen LogP contribution in [0.1, 0.15) is 25.0 Å². The lowest BCUT2D eigenvalue weighted by Crippen LogP contribution is -2.35. The van der Waals surface area contributed by atoms with E-state index in [9.17, 15) is 9.32 Å². The summed E-state index contributed by atoms with van der Waals surface area (Å²) in [5.41, 5.74) is 2.25. The van der Waals surface area contributed by atoms with Crippen LogP contribution >= 0.6 is 0 Å². The van der Waals surface area contributed by atoms with Crippen molar-refractivity contribution in [1.82, 2.24) is 5.32 Å². The van der Waals surface area contributed by atoms with Crippen LogP contribution in [0.3, 0.4) is 0 Å². The summed E-state index contributed by atoms with van der Waals surface area (Å²) in [7, 11) is -1.02. The second-order valence-electron chi connectivity index (χ2n) is 4.89. The molecule has 0 saturated carbocycles. The van der Waals surface area contributed by atoms with E-state index in [4.69, 9.17) is 0 Å². The minimum Gasteiger partial charge on any atom is -0.391 e. The highest BCUT2D eigenvalue weighted by atomic mass is 32.2. The summed E-state index contributed by atoms with van der Waals surface area (Å²) in [5.74, 6) is 0.847. The molecule has 1 rings (SSSR count). The van der Waals surface area contributed by atoms with Crippen LogP contribution in [0.4, 0.5) is 0 Å². The first-order chi connectivity index (χ1) is 8.49. The van der Waals surface area contributed by atoms with Crippen LogP contribution in [-0.4, -0.2) is 33.8 Å². The van der Waals surface area contributed by atoms with Gasteiger partial charge in [-0.1, -0.05) is 38.1 Å². The monoisotopic (exact) mass is 269 g/mol. The Morgan fingerprint density at radius 2 is 2.00 bits per heavy atom. The minimum atomic E-state index is -1.02. The third kappa shape index (κ3) is 5.76. The molecule has 0 bridgehead atoms. The number of aryl methyl sites for hydroxylation is 1. The van der Waals surface area contributed by atoms with E-state index in [2.05, 4.69) is 5.32 Å². The Balaban J connectivity index is 2.40. The van der Waals surface area contributed by atoms with E-state index in [-0.39, 0.29) is 0 Å². The normalized spacial score (nSPS) is 14.7. The van der Waals surface area contributed by atoms with Gasteiger partial charge in [0.1, 0.15) is 0 Å². The number of nitrogens with one attached hydrogen (secondary N) is 1. The van der Waals surface area contributed by atoms with E-state index in [1.165, 1.54) is 0 Å². The van der Waals surface area contributed by atoms with Crippen molar-refractivity contribution in [3.05, 3.63) is 35.4 Å². The molecule has 0 fully saturated rings. The number of aliphatic hydroxyl groups is 1. The molecule has 2 atom stereocenters. The maximum atomic E-state index is 11.9. The van der Waals surface area contributed by atoms with E-state index in [0.717, 1.165) is 11.1 Å². The fraction of sp³-hybridized carbons (Fsp3) is 0.571. The SMILES string of the molecule is Cc1ccccc1CS(=O)CC(O)CNC(C)C. The number of aliphatic hydroxyl groups excluding tert-OH is 1. The predicted molar refractivity (Wildman–Crippen MR) is 77.0 cm³/mol. The first-order valence-electron chi connectivity index (χ1n) is 6.30. The van der Waals surface area contributed by atoms with Gasteiger partial charge in [0.05, 0.1) is 11.9 Å². The Kier molecular flexibility index (Phi) is 6.54. The van der Waals surface area contributed by atoms with Crippen LogP contribution in [0.15, 0.2) is 24.3 Å². The fourth-order valence-corrected chi connectivity index (χ4v) is 2.99. The van der Waals surface area contributed by atoms with Crippen molar-refractivity contribution >= 4 is 10.8 Å². The van der Waals surface area contributed by atoms with Gasteiger partial charge in [0.2, 0.25) is 0 Å².